The number of aryl methyl sites for hydroxylation is 2. The summed E-state index contributed by atoms with van der Waals surface area (Å²) in [6.45, 7) is 3.95. The summed E-state index contributed by atoms with van der Waals surface area (Å²) >= 11 is 1.39. The lowest BCUT2D eigenvalue weighted by Crippen LogP contribution is -2.14. The monoisotopic (exact) mass is 332 g/mol. The van der Waals surface area contributed by atoms with Gasteiger partial charge >= 0.3 is 0 Å². The normalized spacial score (nSPS) is 11.1. The second kappa shape index (κ2) is 6.45. The standard InChI is InChI=1S/C16H17FN4OS/c1-3-4-15-20-21-16(23-15)19-14(22)8-11-9(2)18-13-6-5-10(17)7-12(11)13/h5-7,18H,3-4,8H2,1-2H3,(H,19,21,22). The molecule has 5 nitrogen and oxygen atoms in total. The highest BCUT2D eigenvalue weighted by Gasteiger charge is 2.14. The topological polar surface area (TPSA) is 70.7 Å². The second-order valence-corrected chi connectivity index (χ2v) is 6.46. The Kier molecular flexibility index (Phi) is 4.38. The van der Waals surface area contributed by atoms with Crippen LogP contribution in [0.25, 0.3) is 10.9 Å². The summed E-state index contributed by atoms with van der Waals surface area (Å²) in [4.78, 5) is 15.4. The fraction of sp³-hybridized carbons (Fsp3) is 0.312. The predicted molar refractivity (Wildman–Crippen MR) is 89.2 cm³/mol. The van der Waals surface area contributed by atoms with Crippen LogP contribution in [-0.2, 0) is 17.6 Å². The molecule has 3 rings (SSSR count). The van der Waals surface area contributed by atoms with E-state index in [2.05, 4.69) is 27.4 Å². The van der Waals surface area contributed by atoms with E-state index in [4.69, 9.17) is 0 Å². The molecule has 0 unspecified atom stereocenters. The molecule has 120 valence electrons. The number of hydrogen-bond donors (Lipinski definition) is 2. The molecule has 0 spiro atoms. The van der Waals surface area contributed by atoms with E-state index in [-0.39, 0.29) is 18.1 Å². The van der Waals surface area contributed by atoms with Crippen LogP contribution in [0.3, 0.4) is 0 Å². The van der Waals surface area contributed by atoms with E-state index in [0.29, 0.717) is 5.13 Å². The predicted octanol–water partition coefficient (Wildman–Crippen LogP) is 3.60. The maximum atomic E-state index is 13.5. The van der Waals surface area contributed by atoms with Crippen molar-refractivity contribution in [3.05, 3.63) is 40.3 Å². The average Bonchev–Trinajstić information content (AvgIpc) is 3.05. The lowest BCUT2D eigenvalue weighted by atomic mass is 10.1. The van der Waals surface area contributed by atoms with Crippen LogP contribution in [0.2, 0.25) is 0 Å². The van der Waals surface area contributed by atoms with Crippen molar-refractivity contribution < 1.29 is 9.18 Å². The minimum atomic E-state index is -0.313. The van der Waals surface area contributed by atoms with Gasteiger partial charge in [0.25, 0.3) is 0 Å². The van der Waals surface area contributed by atoms with Crippen LogP contribution in [0.1, 0.15) is 29.6 Å². The number of rotatable bonds is 5. The zero-order valence-corrected chi connectivity index (χ0v) is 13.8. The van der Waals surface area contributed by atoms with Crippen LogP contribution in [0, 0.1) is 12.7 Å². The van der Waals surface area contributed by atoms with E-state index < -0.39 is 0 Å². The van der Waals surface area contributed by atoms with Crippen molar-refractivity contribution in [2.45, 2.75) is 33.1 Å². The smallest absolute Gasteiger partial charge is 0.230 e. The van der Waals surface area contributed by atoms with Gasteiger partial charge in [0.1, 0.15) is 10.8 Å². The highest BCUT2D eigenvalue weighted by atomic mass is 32.1. The van der Waals surface area contributed by atoms with Crippen LogP contribution < -0.4 is 5.32 Å². The van der Waals surface area contributed by atoms with Gasteiger partial charge in [0, 0.05) is 23.0 Å². The van der Waals surface area contributed by atoms with Crippen LogP contribution in [0.5, 0.6) is 0 Å². The van der Waals surface area contributed by atoms with Gasteiger partial charge in [-0.25, -0.2) is 4.39 Å². The molecule has 0 aliphatic rings. The highest BCUT2D eigenvalue weighted by molar-refractivity contribution is 7.15. The van der Waals surface area contributed by atoms with Gasteiger partial charge in [-0.2, -0.15) is 0 Å². The summed E-state index contributed by atoms with van der Waals surface area (Å²) in [5.41, 5.74) is 2.49. The molecular formula is C16H17FN4OS. The molecule has 0 saturated heterocycles. The number of carbonyl (C=O) groups is 1. The molecule has 0 fully saturated rings. The van der Waals surface area contributed by atoms with Gasteiger partial charge in [0.2, 0.25) is 11.0 Å². The number of amides is 1. The molecule has 0 aliphatic carbocycles. The Morgan fingerprint density at radius 2 is 2.22 bits per heavy atom. The Hall–Kier alpha value is -2.28. The van der Waals surface area contributed by atoms with Gasteiger partial charge < -0.3 is 10.3 Å². The fourth-order valence-electron chi connectivity index (χ4n) is 2.53. The zero-order chi connectivity index (χ0) is 16.4. The first-order chi connectivity index (χ1) is 11.1. The SMILES string of the molecule is CCCc1nnc(NC(=O)Cc2c(C)[nH]c3ccc(F)cc23)s1. The fourth-order valence-corrected chi connectivity index (χ4v) is 3.38. The third-order valence-corrected chi connectivity index (χ3v) is 4.49. The van der Waals surface area contributed by atoms with Crippen molar-refractivity contribution in [2.24, 2.45) is 0 Å². The molecule has 1 aromatic carbocycles. The third kappa shape index (κ3) is 3.39. The van der Waals surface area contributed by atoms with Gasteiger partial charge in [-0.1, -0.05) is 18.3 Å². The number of aromatic amines is 1. The molecule has 2 heterocycles. The van der Waals surface area contributed by atoms with Crippen LogP contribution >= 0.6 is 11.3 Å². The van der Waals surface area contributed by atoms with E-state index in [9.17, 15) is 9.18 Å². The molecule has 0 aliphatic heterocycles. The Balaban J connectivity index is 1.77. The number of carbonyl (C=O) groups excluding carboxylic acids is 1. The van der Waals surface area contributed by atoms with Crippen molar-refractivity contribution in [2.75, 3.05) is 5.32 Å². The molecular weight excluding hydrogens is 315 g/mol. The van der Waals surface area contributed by atoms with E-state index in [0.717, 1.165) is 40.0 Å². The lowest BCUT2D eigenvalue weighted by Gasteiger charge is -2.02. The number of aromatic nitrogens is 3. The number of fused-ring (bicyclic) bond motifs is 1. The van der Waals surface area contributed by atoms with Crippen molar-refractivity contribution in [3.8, 4) is 0 Å². The largest absolute Gasteiger partial charge is 0.358 e. The maximum absolute atomic E-state index is 13.5. The third-order valence-electron chi connectivity index (χ3n) is 3.60. The molecule has 0 bridgehead atoms. The van der Waals surface area contributed by atoms with Gasteiger partial charge in [0.05, 0.1) is 6.42 Å². The number of benzene rings is 1. The molecule has 0 atom stereocenters. The molecule has 0 saturated carbocycles. The van der Waals surface area contributed by atoms with Gasteiger partial charge in [-0.3, -0.25) is 4.79 Å². The average molecular weight is 332 g/mol. The maximum Gasteiger partial charge on any atom is 0.230 e. The zero-order valence-electron chi connectivity index (χ0n) is 12.9. The van der Waals surface area contributed by atoms with E-state index in [1.54, 1.807) is 6.07 Å². The summed E-state index contributed by atoms with van der Waals surface area (Å²) in [6.07, 6.45) is 2.01. The van der Waals surface area contributed by atoms with E-state index in [1.807, 2.05) is 6.92 Å². The molecule has 2 aromatic heterocycles. The van der Waals surface area contributed by atoms with Crippen molar-refractivity contribution >= 4 is 33.3 Å². The minimum Gasteiger partial charge on any atom is -0.358 e. The molecule has 0 radical (unpaired) electrons. The molecule has 1 amide bonds. The van der Waals surface area contributed by atoms with Gasteiger partial charge in [-0.15, -0.1) is 10.2 Å². The number of nitrogens with zero attached hydrogens (tertiary/aromatic N) is 2. The second-order valence-electron chi connectivity index (χ2n) is 5.39. The summed E-state index contributed by atoms with van der Waals surface area (Å²) < 4.78 is 13.5. The first kappa shape index (κ1) is 15.6. The first-order valence-electron chi connectivity index (χ1n) is 7.45. The highest BCUT2D eigenvalue weighted by Crippen LogP contribution is 2.24. The van der Waals surface area contributed by atoms with Crippen LogP contribution in [0.4, 0.5) is 9.52 Å². The summed E-state index contributed by atoms with van der Waals surface area (Å²) in [7, 11) is 0. The molecule has 23 heavy (non-hydrogen) atoms. The van der Waals surface area contributed by atoms with Crippen molar-refractivity contribution in [1.82, 2.24) is 15.2 Å². The number of hydrogen-bond acceptors (Lipinski definition) is 4. The van der Waals surface area contributed by atoms with E-state index in [1.165, 1.54) is 23.5 Å². The number of anilines is 1. The van der Waals surface area contributed by atoms with Crippen LogP contribution in [-0.4, -0.2) is 21.1 Å². The van der Waals surface area contributed by atoms with Crippen molar-refractivity contribution in [1.29, 1.82) is 0 Å². The summed E-state index contributed by atoms with van der Waals surface area (Å²) in [6, 6.07) is 4.53. The van der Waals surface area contributed by atoms with Crippen molar-refractivity contribution in [3.63, 3.8) is 0 Å². The molecule has 7 heteroatoms. The minimum absolute atomic E-state index is 0.165. The van der Waals surface area contributed by atoms with Gasteiger partial charge in [0.15, 0.2) is 0 Å². The van der Waals surface area contributed by atoms with E-state index >= 15 is 0 Å². The van der Waals surface area contributed by atoms with Crippen LogP contribution in [0.15, 0.2) is 18.2 Å². The van der Waals surface area contributed by atoms with Gasteiger partial charge in [-0.05, 0) is 37.1 Å². The summed E-state index contributed by atoms with van der Waals surface area (Å²) in [5, 5.41) is 12.9. The Morgan fingerprint density at radius 3 is 3.00 bits per heavy atom. The summed E-state index contributed by atoms with van der Waals surface area (Å²) in [5.74, 6) is -0.496. The Bertz CT molecular complexity index is 855. The quantitative estimate of drug-likeness (QED) is 0.750. The lowest BCUT2D eigenvalue weighted by molar-refractivity contribution is -0.115. The molecule has 3 aromatic rings. The number of H-pyrrole nitrogens is 1. The number of halogens is 1. The Morgan fingerprint density at radius 1 is 1.39 bits per heavy atom. The number of nitrogens with one attached hydrogen (secondary N) is 2. The first-order valence-corrected chi connectivity index (χ1v) is 8.27. The molecule has 2 N–H and O–H groups in total. The Labute approximate surface area is 136 Å².